The Balaban J connectivity index is 1.17. The lowest BCUT2D eigenvalue weighted by molar-refractivity contribution is 0.667. The van der Waals surface area contributed by atoms with Crippen molar-refractivity contribution in [3.63, 3.8) is 0 Å². The van der Waals surface area contributed by atoms with Gasteiger partial charge in [0.25, 0.3) is 0 Å². The van der Waals surface area contributed by atoms with Crippen LogP contribution in [0.3, 0.4) is 0 Å². The second-order valence-electron chi connectivity index (χ2n) is 14.7. The highest BCUT2D eigenvalue weighted by atomic mass is 15.0. The molecule has 8 aromatic carbocycles. The number of fused-ring (bicyclic) bond motifs is 12. The minimum absolute atomic E-state index is 0.173. The third-order valence-electron chi connectivity index (χ3n) is 11.6. The van der Waals surface area contributed by atoms with Crippen LogP contribution in [0.5, 0.6) is 0 Å². The van der Waals surface area contributed by atoms with Crippen LogP contribution in [0.25, 0.3) is 93.2 Å². The number of para-hydroxylation sites is 2. The molecule has 0 aliphatic heterocycles. The van der Waals surface area contributed by atoms with Gasteiger partial charge in [0.1, 0.15) is 0 Å². The average Bonchev–Trinajstić information content (AvgIpc) is 3.66. The van der Waals surface area contributed by atoms with Crippen molar-refractivity contribution >= 4 is 54.1 Å². The highest BCUT2D eigenvalue weighted by Gasteiger charge is 2.38. The maximum atomic E-state index is 4.55. The van der Waals surface area contributed by atoms with Crippen LogP contribution in [0.2, 0.25) is 0 Å². The van der Waals surface area contributed by atoms with Crippen LogP contribution >= 0.6 is 0 Å². The zero-order valence-electron chi connectivity index (χ0n) is 29.1. The zero-order valence-corrected chi connectivity index (χ0v) is 29.1. The number of hydrogen-bond donors (Lipinski definition) is 0. The SMILES string of the molecule is CC1(C)c2cc(-c3ccccc3-c3cccc4c5ccccc5n(-c5cccc6ccncc56)c34)ccc2-c2c1c1ccccc1c1ccccc21. The van der Waals surface area contributed by atoms with Gasteiger partial charge in [0.15, 0.2) is 0 Å². The molecule has 2 nitrogen and oxygen atoms in total. The van der Waals surface area contributed by atoms with Gasteiger partial charge in [-0.25, -0.2) is 0 Å². The maximum Gasteiger partial charge on any atom is 0.0619 e. The maximum absolute atomic E-state index is 4.55. The average molecular weight is 663 g/mol. The van der Waals surface area contributed by atoms with Crippen molar-refractivity contribution in [1.29, 1.82) is 0 Å². The van der Waals surface area contributed by atoms with Crippen LogP contribution in [0, 0.1) is 0 Å². The van der Waals surface area contributed by atoms with E-state index in [2.05, 4.69) is 181 Å². The molecule has 0 amide bonds. The number of nitrogens with zero attached hydrogens (tertiary/aromatic N) is 2. The summed E-state index contributed by atoms with van der Waals surface area (Å²) in [5.74, 6) is 0. The van der Waals surface area contributed by atoms with E-state index in [1.807, 2.05) is 12.4 Å². The molecule has 0 unspecified atom stereocenters. The molecule has 0 bridgehead atoms. The van der Waals surface area contributed by atoms with E-state index in [4.69, 9.17) is 0 Å². The molecule has 0 fully saturated rings. The molecule has 52 heavy (non-hydrogen) atoms. The first-order chi connectivity index (χ1) is 25.6. The molecule has 2 aromatic heterocycles. The predicted molar refractivity (Wildman–Crippen MR) is 220 cm³/mol. The van der Waals surface area contributed by atoms with Crippen LogP contribution in [-0.2, 0) is 5.41 Å². The Bertz CT molecular complexity index is 3100. The van der Waals surface area contributed by atoms with E-state index in [1.54, 1.807) is 0 Å². The fourth-order valence-corrected chi connectivity index (χ4v) is 9.40. The molecule has 10 aromatic rings. The fraction of sp³-hybridized carbons (Fsp3) is 0.0600. The van der Waals surface area contributed by atoms with Crippen molar-refractivity contribution in [2.45, 2.75) is 19.3 Å². The van der Waals surface area contributed by atoms with Crippen LogP contribution in [0.4, 0.5) is 0 Å². The fourth-order valence-electron chi connectivity index (χ4n) is 9.40. The number of rotatable bonds is 3. The van der Waals surface area contributed by atoms with E-state index in [-0.39, 0.29) is 5.41 Å². The number of benzene rings is 8. The van der Waals surface area contributed by atoms with E-state index < -0.39 is 0 Å². The number of pyridine rings is 1. The molecule has 0 saturated heterocycles. The molecule has 2 heterocycles. The highest BCUT2D eigenvalue weighted by molar-refractivity contribution is 6.19. The van der Waals surface area contributed by atoms with E-state index in [0.29, 0.717) is 0 Å². The predicted octanol–water partition coefficient (Wildman–Crippen LogP) is 13.3. The van der Waals surface area contributed by atoms with Crippen molar-refractivity contribution in [3.8, 4) is 39.1 Å². The van der Waals surface area contributed by atoms with Gasteiger partial charge < -0.3 is 4.57 Å². The Morgan fingerprint density at radius 1 is 0.481 bits per heavy atom. The van der Waals surface area contributed by atoms with Crippen molar-refractivity contribution in [1.82, 2.24) is 9.55 Å². The van der Waals surface area contributed by atoms with Gasteiger partial charge in [-0.15, -0.1) is 0 Å². The van der Waals surface area contributed by atoms with E-state index >= 15 is 0 Å². The van der Waals surface area contributed by atoms with Gasteiger partial charge in [-0.2, -0.15) is 0 Å². The minimum atomic E-state index is -0.173. The molecule has 11 rings (SSSR count). The Labute approximate surface area is 302 Å². The Hall–Kier alpha value is -6.51. The Morgan fingerprint density at radius 2 is 1.13 bits per heavy atom. The Morgan fingerprint density at radius 3 is 1.98 bits per heavy atom. The summed E-state index contributed by atoms with van der Waals surface area (Å²) in [5, 5.41) is 10.1. The first-order valence-electron chi connectivity index (χ1n) is 18.1. The number of hydrogen-bond acceptors (Lipinski definition) is 1. The van der Waals surface area contributed by atoms with Gasteiger partial charge in [0.2, 0.25) is 0 Å². The lowest BCUT2D eigenvalue weighted by atomic mass is 9.78. The van der Waals surface area contributed by atoms with Gasteiger partial charge >= 0.3 is 0 Å². The summed E-state index contributed by atoms with van der Waals surface area (Å²) < 4.78 is 2.46. The summed E-state index contributed by atoms with van der Waals surface area (Å²) in [6, 6.07) is 58.3. The molecule has 244 valence electrons. The van der Waals surface area contributed by atoms with Crippen molar-refractivity contribution in [3.05, 3.63) is 181 Å². The second kappa shape index (κ2) is 10.7. The lowest BCUT2D eigenvalue weighted by Crippen LogP contribution is -2.15. The van der Waals surface area contributed by atoms with Crippen LogP contribution in [0.1, 0.15) is 25.0 Å². The van der Waals surface area contributed by atoms with E-state index in [1.165, 1.54) is 93.2 Å². The molecule has 0 N–H and O–H groups in total. The molecule has 1 aliphatic rings. The summed E-state index contributed by atoms with van der Waals surface area (Å²) in [6.07, 6.45) is 3.87. The van der Waals surface area contributed by atoms with Gasteiger partial charge in [0.05, 0.1) is 16.7 Å². The number of aromatic nitrogens is 2. The topological polar surface area (TPSA) is 17.8 Å². The van der Waals surface area contributed by atoms with Gasteiger partial charge in [-0.05, 0) is 90.1 Å². The first-order valence-corrected chi connectivity index (χ1v) is 18.1. The third kappa shape index (κ3) is 3.92. The normalized spacial score (nSPS) is 13.3. The second-order valence-corrected chi connectivity index (χ2v) is 14.7. The molecule has 1 aliphatic carbocycles. The van der Waals surface area contributed by atoms with Crippen LogP contribution in [-0.4, -0.2) is 9.55 Å². The summed E-state index contributed by atoms with van der Waals surface area (Å²) >= 11 is 0. The zero-order chi connectivity index (χ0) is 34.6. The first kappa shape index (κ1) is 29.2. The molecular formula is C50H34N2. The molecule has 0 radical (unpaired) electrons. The highest BCUT2D eigenvalue weighted by Crippen LogP contribution is 2.55. The minimum Gasteiger partial charge on any atom is -0.308 e. The molecule has 2 heteroatoms. The van der Waals surface area contributed by atoms with Gasteiger partial charge in [0, 0.05) is 39.5 Å². The molecule has 0 atom stereocenters. The van der Waals surface area contributed by atoms with Crippen LogP contribution < -0.4 is 0 Å². The van der Waals surface area contributed by atoms with Gasteiger partial charge in [-0.1, -0.05) is 147 Å². The van der Waals surface area contributed by atoms with E-state index in [9.17, 15) is 0 Å². The van der Waals surface area contributed by atoms with E-state index in [0.717, 1.165) is 11.1 Å². The lowest BCUT2D eigenvalue weighted by Gasteiger charge is -2.24. The van der Waals surface area contributed by atoms with Crippen LogP contribution in [0.15, 0.2) is 170 Å². The summed E-state index contributed by atoms with van der Waals surface area (Å²) in [5.41, 5.74) is 13.8. The smallest absolute Gasteiger partial charge is 0.0619 e. The third-order valence-corrected chi connectivity index (χ3v) is 11.6. The molecule has 0 saturated carbocycles. The van der Waals surface area contributed by atoms with Crippen molar-refractivity contribution in [2.75, 3.05) is 0 Å². The quantitative estimate of drug-likeness (QED) is 0.172. The monoisotopic (exact) mass is 662 g/mol. The Kier molecular flexibility index (Phi) is 6.04. The summed E-state index contributed by atoms with van der Waals surface area (Å²) in [4.78, 5) is 4.55. The summed E-state index contributed by atoms with van der Waals surface area (Å²) in [7, 11) is 0. The van der Waals surface area contributed by atoms with Gasteiger partial charge in [-0.3, -0.25) is 4.98 Å². The molecule has 0 spiro atoms. The molecular weight excluding hydrogens is 629 g/mol. The van der Waals surface area contributed by atoms with Crippen molar-refractivity contribution < 1.29 is 0 Å². The standard InChI is InChI=1S/C50H34N2/c1-50(2)44-29-32(25-26-42(44)47-38-19-7-5-16-35(38)36-17-6-8-20-39(36)48(47)50)33-14-3-4-15-34(33)40-21-12-22-41-37-18-9-10-23-45(37)52(49(40)41)46-24-11-13-31-27-28-51-30-43(31)46/h3-30H,1-2H3. The largest absolute Gasteiger partial charge is 0.308 e. The van der Waals surface area contributed by atoms with Crippen molar-refractivity contribution in [2.24, 2.45) is 0 Å². The summed E-state index contributed by atoms with van der Waals surface area (Å²) in [6.45, 7) is 4.82.